The van der Waals surface area contributed by atoms with Gasteiger partial charge < -0.3 is 5.73 Å². The van der Waals surface area contributed by atoms with Crippen molar-refractivity contribution in [3.8, 4) is 0 Å². The molecule has 0 radical (unpaired) electrons. The quantitative estimate of drug-likeness (QED) is 0.801. The van der Waals surface area contributed by atoms with Crippen molar-refractivity contribution in [3.63, 3.8) is 0 Å². The molecule has 78 valence electrons. The average molecular weight is 203 g/mol. The van der Waals surface area contributed by atoms with Gasteiger partial charge in [0, 0.05) is 23.7 Å². The number of hydrogen-bond donors (Lipinski definition) is 1. The van der Waals surface area contributed by atoms with Crippen molar-refractivity contribution in [1.82, 2.24) is 0 Å². The van der Waals surface area contributed by atoms with E-state index < -0.39 is 17.5 Å². The van der Waals surface area contributed by atoms with Gasteiger partial charge in [-0.2, -0.15) is 0 Å². The number of benzene rings is 1. The van der Waals surface area contributed by atoms with Crippen molar-refractivity contribution < 1.29 is 13.2 Å². The van der Waals surface area contributed by atoms with Gasteiger partial charge in [0.15, 0.2) is 0 Å². The van der Waals surface area contributed by atoms with Crippen LogP contribution in [0.4, 0.5) is 13.2 Å². The lowest BCUT2D eigenvalue weighted by Crippen LogP contribution is -2.16. The summed E-state index contributed by atoms with van der Waals surface area (Å²) in [5, 5.41) is 0. The second-order valence-corrected chi connectivity index (χ2v) is 3.36. The molecule has 0 aliphatic rings. The van der Waals surface area contributed by atoms with Gasteiger partial charge in [-0.05, 0) is 19.8 Å². The molecule has 0 aromatic heterocycles. The molecule has 14 heavy (non-hydrogen) atoms. The highest BCUT2D eigenvalue weighted by atomic mass is 19.1. The van der Waals surface area contributed by atoms with E-state index >= 15 is 0 Å². The van der Waals surface area contributed by atoms with Crippen LogP contribution in [0.5, 0.6) is 0 Å². The number of nitrogens with two attached hydrogens (primary N) is 1. The summed E-state index contributed by atoms with van der Waals surface area (Å²) < 4.78 is 38.6. The molecule has 0 aliphatic carbocycles. The van der Waals surface area contributed by atoms with Gasteiger partial charge in [0.1, 0.15) is 17.5 Å². The summed E-state index contributed by atoms with van der Waals surface area (Å²) in [5.41, 5.74) is 5.36. The summed E-state index contributed by atoms with van der Waals surface area (Å²) in [7, 11) is 0. The summed E-state index contributed by atoms with van der Waals surface area (Å²) in [5.74, 6) is -2.59. The molecule has 0 bridgehead atoms. The molecular weight excluding hydrogens is 191 g/mol. The maximum atomic E-state index is 13.0. The lowest BCUT2D eigenvalue weighted by Gasteiger charge is -2.07. The van der Waals surface area contributed by atoms with E-state index in [1.807, 2.05) is 0 Å². The van der Waals surface area contributed by atoms with E-state index in [0.717, 1.165) is 0 Å². The first-order valence-corrected chi connectivity index (χ1v) is 4.39. The molecule has 1 atom stereocenters. The van der Waals surface area contributed by atoms with Crippen molar-refractivity contribution in [2.45, 2.75) is 25.8 Å². The van der Waals surface area contributed by atoms with Crippen LogP contribution in [-0.2, 0) is 6.42 Å². The first-order valence-electron chi connectivity index (χ1n) is 4.39. The highest BCUT2D eigenvalue weighted by Crippen LogP contribution is 2.16. The smallest absolute Gasteiger partial charge is 0.132 e. The molecule has 1 nitrogen and oxygen atoms in total. The van der Waals surface area contributed by atoms with Gasteiger partial charge in [-0.25, -0.2) is 13.2 Å². The molecular formula is C10H12F3N. The molecule has 0 saturated carbocycles. The van der Waals surface area contributed by atoms with E-state index in [9.17, 15) is 13.2 Å². The molecule has 1 aromatic rings. The van der Waals surface area contributed by atoms with E-state index in [2.05, 4.69) is 0 Å². The summed E-state index contributed by atoms with van der Waals surface area (Å²) in [4.78, 5) is 0. The Morgan fingerprint density at radius 2 is 1.71 bits per heavy atom. The third kappa shape index (κ3) is 2.73. The Bertz CT molecular complexity index is 300. The van der Waals surface area contributed by atoms with Crippen molar-refractivity contribution in [1.29, 1.82) is 0 Å². The van der Waals surface area contributed by atoms with Gasteiger partial charge in [0.2, 0.25) is 0 Å². The predicted octanol–water partition coefficient (Wildman–Crippen LogP) is 2.38. The van der Waals surface area contributed by atoms with Gasteiger partial charge in [-0.15, -0.1) is 0 Å². The van der Waals surface area contributed by atoms with E-state index in [4.69, 9.17) is 5.73 Å². The minimum atomic E-state index is -0.899. The summed E-state index contributed by atoms with van der Waals surface area (Å²) in [6.45, 7) is 1.75. The molecule has 0 unspecified atom stereocenters. The highest BCUT2D eigenvalue weighted by Gasteiger charge is 2.11. The Morgan fingerprint density at radius 3 is 2.14 bits per heavy atom. The molecule has 1 rings (SSSR count). The van der Waals surface area contributed by atoms with Crippen LogP contribution in [0, 0.1) is 17.5 Å². The Kier molecular flexibility index (Phi) is 3.52. The van der Waals surface area contributed by atoms with Gasteiger partial charge >= 0.3 is 0 Å². The summed E-state index contributed by atoms with van der Waals surface area (Å²) >= 11 is 0. The molecule has 2 N–H and O–H groups in total. The lowest BCUT2D eigenvalue weighted by atomic mass is 10.1. The minimum absolute atomic E-state index is 0.0938. The maximum Gasteiger partial charge on any atom is 0.132 e. The monoisotopic (exact) mass is 203 g/mol. The molecule has 0 saturated heterocycles. The van der Waals surface area contributed by atoms with Crippen LogP contribution in [0.1, 0.15) is 18.9 Å². The second-order valence-electron chi connectivity index (χ2n) is 3.36. The highest BCUT2D eigenvalue weighted by molar-refractivity contribution is 5.21. The van der Waals surface area contributed by atoms with Gasteiger partial charge in [0.05, 0.1) is 0 Å². The molecule has 1 aromatic carbocycles. The molecule has 0 aliphatic heterocycles. The molecule has 4 heteroatoms. The molecule has 0 spiro atoms. The largest absolute Gasteiger partial charge is 0.328 e. The number of rotatable bonds is 3. The van der Waals surface area contributed by atoms with Crippen molar-refractivity contribution in [2.24, 2.45) is 5.73 Å². The van der Waals surface area contributed by atoms with E-state index in [0.29, 0.717) is 18.6 Å². The maximum absolute atomic E-state index is 13.0. The van der Waals surface area contributed by atoms with Gasteiger partial charge in [-0.3, -0.25) is 0 Å². The SMILES string of the molecule is C[C@H](N)CCc1c(F)cc(F)cc1F. The zero-order valence-corrected chi connectivity index (χ0v) is 7.86. The summed E-state index contributed by atoms with van der Waals surface area (Å²) in [6.07, 6.45) is 0.662. The normalized spacial score (nSPS) is 12.9. The van der Waals surface area contributed by atoms with Crippen LogP contribution >= 0.6 is 0 Å². The number of halogens is 3. The van der Waals surface area contributed by atoms with Crippen molar-refractivity contribution in [2.75, 3.05) is 0 Å². The molecule has 0 amide bonds. The summed E-state index contributed by atoms with van der Waals surface area (Å²) in [6, 6.07) is 1.23. The van der Waals surface area contributed by atoms with Crippen LogP contribution in [0.2, 0.25) is 0 Å². The van der Waals surface area contributed by atoms with Crippen LogP contribution < -0.4 is 5.73 Å². The number of hydrogen-bond acceptors (Lipinski definition) is 1. The lowest BCUT2D eigenvalue weighted by molar-refractivity contribution is 0.514. The predicted molar refractivity (Wildman–Crippen MR) is 48.3 cm³/mol. The topological polar surface area (TPSA) is 26.0 Å². The van der Waals surface area contributed by atoms with E-state index in [-0.39, 0.29) is 18.0 Å². The van der Waals surface area contributed by atoms with Crippen LogP contribution in [0.15, 0.2) is 12.1 Å². The Labute approximate surface area is 80.7 Å². The van der Waals surface area contributed by atoms with E-state index in [1.54, 1.807) is 6.92 Å². The van der Waals surface area contributed by atoms with Crippen LogP contribution in [0.25, 0.3) is 0 Å². The van der Waals surface area contributed by atoms with Crippen molar-refractivity contribution in [3.05, 3.63) is 35.1 Å². The standard InChI is InChI=1S/C10H12F3N/c1-6(14)2-3-8-9(12)4-7(11)5-10(8)13/h4-6H,2-3,14H2,1H3/t6-/m0/s1. The van der Waals surface area contributed by atoms with Gasteiger partial charge in [-0.1, -0.05) is 0 Å². The van der Waals surface area contributed by atoms with Crippen molar-refractivity contribution >= 4 is 0 Å². The molecule has 0 fully saturated rings. The molecule has 0 heterocycles. The second kappa shape index (κ2) is 4.46. The van der Waals surface area contributed by atoms with Gasteiger partial charge in [0.25, 0.3) is 0 Å². The Balaban J connectivity index is 2.86. The fourth-order valence-electron chi connectivity index (χ4n) is 1.18. The van der Waals surface area contributed by atoms with Crippen LogP contribution in [0.3, 0.4) is 0 Å². The zero-order chi connectivity index (χ0) is 10.7. The van der Waals surface area contributed by atoms with E-state index in [1.165, 1.54) is 0 Å². The first kappa shape index (κ1) is 11.0. The third-order valence-corrected chi connectivity index (χ3v) is 1.96. The third-order valence-electron chi connectivity index (χ3n) is 1.96. The zero-order valence-electron chi connectivity index (χ0n) is 7.86. The average Bonchev–Trinajstić information content (AvgIpc) is 2.01. The Morgan fingerprint density at radius 1 is 1.21 bits per heavy atom. The fourth-order valence-corrected chi connectivity index (χ4v) is 1.18. The first-order chi connectivity index (χ1) is 6.50. The Hall–Kier alpha value is -1.03. The fraction of sp³-hybridized carbons (Fsp3) is 0.400. The van der Waals surface area contributed by atoms with Crippen LogP contribution in [-0.4, -0.2) is 6.04 Å². The minimum Gasteiger partial charge on any atom is -0.328 e.